The molecule has 33 heavy (non-hydrogen) atoms. The molecule has 0 unspecified atom stereocenters. The van der Waals surface area contributed by atoms with Gasteiger partial charge in [0, 0.05) is 11.8 Å². The quantitative estimate of drug-likeness (QED) is 0.275. The van der Waals surface area contributed by atoms with Crippen LogP contribution in [-0.2, 0) is 16.2 Å². The number of nitrogens with two attached hydrogens (primary N) is 1. The van der Waals surface area contributed by atoms with Gasteiger partial charge >= 0.3 is 6.18 Å². The molecule has 13 heteroatoms. The average molecular weight is 534 g/mol. The molecular weight excluding hydrogens is 522 g/mol. The summed E-state index contributed by atoms with van der Waals surface area (Å²) in [6.07, 6.45) is -4.66. The van der Waals surface area contributed by atoms with E-state index in [4.69, 9.17) is 33.7 Å². The summed E-state index contributed by atoms with van der Waals surface area (Å²) in [5, 5.41) is -0.258. The molecule has 0 aliphatic rings. The van der Waals surface area contributed by atoms with E-state index >= 15 is 0 Å². The molecule has 4 aromatic rings. The van der Waals surface area contributed by atoms with Crippen molar-refractivity contribution in [2.45, 2.75) is 11.1 Å². The number of fused-ring (bicyclic) bond motifs is 1. The number of hydrogen-bond donors (Lipinski definition) is 2. The minimum Gasteiger partial charge on any atom is -0.431 e. The van der Waals surface area contributed by atoms with Crippen molar-refractivity contribution < 1.29 is 26.3 Å². The zero-order valence-corrected chi connectivity index (χ0v) is 19.3. The summed E-state index contributed by atoms with van der Waals surface area (Å²) in [6, 6.07) is 11.4. The van der Waals surface area contributed by atoms with Crippen LogP contribution in [0.2, 0.25) is 10.0 Å². The first-order chi connectivity index (χ1) is 15.4. The van der Waals surface area contributed by atoms with Crippen LogP contribution in [0, 0.1) is 0 Å². The fourth-order valence-corrected chi connectivity index (χ4v) is 5.58. The van der Waals surface area contributed by atoms with E-state index in [9.17, 15) is 21.6 Å². The normalized spacial score (nSPS) is 12.2. The van der Waals surface area contributed by atoms with Crippen molar-refractivity contribution in [2.75, 3.05) is 10.5 Å². The van der Waals surface area contributed by atoms with Crippen LogP contribution in [0.5, 0.6) is 10.9 Å². The number of halogens is 5. The Hall–Kier alpha value is -2.73. The van der Waals surface area contributed by atoms with E-state index in [2.05, 4.69) is 9.71 Å². The van der Waals surface area contributed by atoms with Crippen LogP contribution in [0.25, 0.3) is 10.2 Å². The molecule has 4 rings (SSSR count). The Kier molecular flexibility index (Phi) is 6.08. The number of sulfonamides is 1. The third-order valence-corrected chi connectivity index (χ3v) is 7.39. The Labute approximate surface area is 199 Å². The summed E-state index contributed by atoms with van der Waals surface area (Å²) in [5.41, 5.74) is 5.96. The fraction of sp³-hybridized carbons (Fsp3) is 0.0500. The van der Waals surface area contributed by atoms with Gasteiger partial charge in [-0.25, -0.2) is 13.4 Å². The van der Waals surface area contributed by atoms with Crippen molar-refractivity contribution in [3.8, 4) is 10.9 Å². The Morgan fingerprint density at radius 2 is 1.76 bits per heavy atom. The Morgan fingerprint density at radius 1 is 1.00 bits per heavy atom. The maximum absolute atomic E-state index is 12.8. The molecule has 0 radical (unpaired) electrons. The second kappa shape index (κ2) is 8.56. The minimum atomic E-state index is -4.66. The average Bonchev–Trinajstić information content (AvgIpc) is 3.10. The number of benzene rings is 3. The molecule has 3 N–H and O–H groups in total. The summed E-state index contributed by atoms with van der Waals surface area (Å²) >= 11 is 13.3. The molecule has 0 aliphatic heterocycles. The molecule has 1 heterocycles. The number of aromatic nitrogens is 1. The fourth-order valence-electron chi connectivity index (χ4n) is 2.80. The van der Waals surface area contributed by atoms with Gasteiger partial charge in [0.25, 0.3) is 15.2 Å². The minimum absolute atomic E-state index is 0.00975. The number of thiazole rings is 1. The Bertz CT molecular complexity index is 1470. The lowest BCUT2D eigenvalue weighted by atomic mass is 10.2. The molecule has 172 valence electrons. The van der Waals surface area contributed by atoms with Crippen LogP contribution in [0.15, 0.2) is 59.5 Å². The van der Waals surface area contributed by atoms with Gasteiger partial charge in [0.15, 0.2) is 0 Å². The lowest BCUT2D eigenvalue weighted by molar-refractivity contribution is -0.137. The highest BCUT2D eigenvalue weighted by Gasteiger charge is 2.32. The molecule has 0 aliphatic carbocycles. The number of nitrogens with zero attached hydrogens (tertiary/aromatic N) is 1. The highest BCUT2D eigenvalue weighted by atomic mass is 35.5. The Morgan fingerprint density at radius 3 is 2.42 bits per heavy atom. The summed E-state index contributed by atoms with van der Waals surface area (Å²) in [5.74, 6) is 0.294. The molecule has 6 nitrogen and oxygen atoms in total. The van der Waals surface area contributed by atoms with Gasteiger partial charge in [0.1, 0.15) is 10.6 Å². The number of alkyl halides is 3. The van der Waals surface area contributed by atoms with Crippen LogP contribution in [0.4, 0.5) is 24.5 Å². The van der Waals surface area contributed by atoms with E-state index in [1.165, 1.54) is 29.5 Å². The number of nitrogens with one attached hydrogen (secondary N) is 1. The molecule has 0 saturated heterocycles. The van der Waals surface area contributed by atoms with E-state index in [-0.39, 0.29) is 10.7 Å². The van der Waals surface area contributed by atoms with Crippen molar-refractivity contribution in [2.24, 2.45) is 0 Å². The first-order valence-electron chi connectivity index (χ1n) is 8.95. The number of nitrogen functional groups attached to an aromatic ring is 1. The molecule has 0 spiro atoms. The zero-order valence-electron chi connectivity index (χ0n) is 16.2. The lowest BCUT2D eigenvalue weighted by Crippen LogP contribution is -2.14. The smallest absolute Gasteiger partial charge is 0.416 e. The number of anilines is 2. The molecule has 0 bridgehead atoms. The maximum Gasteiger partial charge on any atom is 0.416 e. The molecule has 0 saturated carbocycles. The second-order valence-electron chi connectivity index (χ2n) is 6.70. The summed E-state index contributed by atoms with van der Waals surface area (Å²) in [4.78, 5) is 3.80. The van der Waals surface area contributed by atoms with E-state index in [0.717, 1.165) is 10.8 Å². The molecular formula is C20H12Cl2F3N3O3S2. The zero-order chi connectivity index (χ0) is 24.0. The van der Waals surface area contributed by atoms with Gasteiger partial charge in [-0.05, 0) is 48.5 Å². The molecule has 0 amide bonds. The lowest BCUT2D eigenvalue weighted by Gasteiger charge is -2.13. The predicted molar refractivity (Wildman–Crippen MR) is 123 cm³/mol. The van der Waals surface area contributed by atoms with Crippen LogP contribution in [-0.4, -0.2) is 13.4 Å². The molecule has 0 fully saturated rings. The van der Waals surface area contributed by atoms with Crippen LogP contribution in [0.3, 0.4) is 0 Å². The highest BCUT2D eigenvalue weighted by molar-refractivity contribution is 7.92. The summed E-state index contributed by atoms with van der Waals surface area (Å²) in [6.45, 7) is 0. The highest BCUT2D eigenvalue weighted by Crippen LogP contribution is 2.37. The van der Waals surface area contributed by atoms with E-state index in [0.29, 0.717) is 34.3 Å². The first kappa shape index (κ1) is 23.4. The number of ether oxygens (including phenoxy) is 1. The van der Waals surface area contributed by atoms with E-state index in [1.807, 2.05) is 0 Å². The van der Waals surface area contributed by atoms with Crippen molar-refractivity contribution in [3.05, 3.63) is 70.2 Å². The van der Waals surface area contributed by atoms with Gasteiger partial charge in [0.2, 0.25) is 0 Å². The Balaban J connectivity index is 1.55. The van der Waals surface area contributed by atoms with Gasteiger partial charge in [0.05, 0.1) is 31.5 Å². The van der Waals surface area contributed by atoms with Gasteiger partial charge in [-0.3, -0.25) is 4.72 Å². The second-order valence-corrected chi connectivity index (χ2v) is 10.2. The monoisotopic (exact) mass is 533 g/mol. The summed E-state index contributed by atoms with van der Waals surface area (Å²) < 4.78 is 72.5. The van der Waals surface area contributed by atoms with E-state index in [1.54, 1.807) is 18.2 Å². The van der Waals surface area contributed by atoms with Crippen LogP contribution in [0.1, 0.15) is 5.56 Å². The van der Waals surface area contributed by atoms with Gasteiger partial charge in [-0.1, -0.05) is 34.5 Å². The SMILES string of the molecule is Nc1ccc2nc(Oc3ccc(NS(=O)(=O)c4ccc(C(F)(F)F)cc4Cl)c(Cl)c3)sc2c1. The number of rotatable bonds is 5. The topological polar surface area (TPSA) is 94.3 Å². The van der Waals surface area contributed by atoms with Gasteiger partial charge in [-0.15, -0.1) is 0 Å². The molecule has 1 aromatic heterocycles. The summed E-state index contributed by atoms with van der Waals surface area (Å²) in [7, 11) is -4.32. The standard InChI is InChI=1S/C20H12Cl2F3N3O3S2/c21-13-9-12(31-19-27-16-4-2-11(26)8-17(16)32-19)3-5-15(13)28-33(29,30)18-6-1-10(7-14(18)22)20(23,24)25/h1-9,28H,26H2. The van der Waals surface area contributed by atoms with Crippen molar-refractivity contribution >= 4 is 66.2 Å². The van der Waals surface area contributed by atoms with E-state index < -0.39 is 31.7 Å². The van der Waals surface area contributed by atoms with Crippen LogP contribution < -0.4 is 15.2 Å². The van der Waals surface area contributed by atoms with Gasteiger partial charge in [-0.2, -0.15) is 13.2 Å². The van der Waals surface area contributed by atoms with Crippen molar-refractivity contribution in [1.29, 1.82) is 0 Å². The first-order valence-corrected chi connectivity index (χ1v) is 12.0. The third-order valence-electron chi connectivity index (χ3n) is 4.33. The van der Waals surface area contributed by atoms with Crippen molar-refractivity contribution in [1.82, 2.24) is 4.98 Å². The third kappa shape index (κ3) is 5.11. The maximum atomic E-state index is 12.8. The molecule has 3 aromatic carbocycles. The van der Waals surface area contributed by atoms with Crippen molar-refractivity contribution in [3.63, 3.8) is 0 Å². The van der Waals surface area contributed by atoms with Gasteiger partial charge < -0.3 is 10.5 Å². The molecule has 0 atom stereocenters. The number of hydrogen-bond acceptors (Lipinski definition) is 6. The predicted octanol–water partition coefficient (Wildman–Crippen LogP) is 6.80. The largest absolute Gasteiger partial charge is 0.431 e. The van der Waals surface area contributed by atoms with Crippen LogP contribution >= 0.6 is 34.5 Å².